The molecular formula is C28H21ClF3N3O6. The minimum absolute atomic E-state index is 0.0932. The number of anilines is 2. The Hall–Kier alpha value is -4.84. The van der Waals surface area contributed by atoms with E-state index in [1.807, 2.05) is 0 Å². The molecule has 2 amide bonds. The number of amides is 2. The third-order valence-corrected chi connectivity index (χ3v) is 6.16. The molecule has 2 heterocycles. The van der Waals surface area contributed by atoms with E-state index in [9.17, 15) is 32.3 Å². The summed E-state index contributed by atoms with van der Waals surface area (Å²) in [5.74, 6) is -3.28. The van der Waals surface area contributed by atoms with Crippen LogP contribution in [0, 0.1) is 0 Å². The number of ether oxygens (including phenoxy) is 1. The van der Waals surface area contributed by atoms with E-state index in [-0.39, 0.29) is 35.0 Å². The van der Waals surface area contributed by atoms with Crippen molar-refractivity contribution in [1.82, 2.24) is 5.32 Å². The van der Waals surface area contributed by atoms with Crippen LogP contribution >= 0.6 is 11.6 Å². The van der Waals surface area contributed by atoms with Gasteiger partial charge in [0.15, 0.2) is 0 Å². The first-order chi connectivity index (χ1) is 19.4. The molecule has 0 aliphatic carbocycles. The van der Waals surface area contributed by atoms with Crippen molar-refractivity contribution in [3.05, 3.63) is 99.7 Å². The molecule has 0 saturated carbocycles. The summed E-state index contributed by atoms with van der Waals surface area (Å²) in [6, 6.07) is 13.4. The fourth-order valence-electron chi connectivity index (χ4n) is 3.99. The van der Waals surface area contributed by atoms with Crippen LogP contribution in [0.2, 0.25) is 5.02 Å². The number of nitrogens with zero attached hydrogens (tertiary/aromatic N) is 1. The summed E-state index contributed by atoms with van der Waals surface area (Å²) < 4.78 is 49.1. The van der Waals surface area contributed by atoms with E-state index in [1.165, 1.54) is 24.3 Å². The van der Waals surface area contributed by atoms with Gasteiger partial charge in [0.05, 0.1) is 24.9 Å². The van der Waals surface area contributed by atoms with Gasteiger partial charge in [-0.05, 0) is 61.5 Å². The van der Waals surface area contributed by atoms with E-state index < -0.39 is 35.3 Å². The summed E-state index contributed by atoms with van der Waals surface area (Å²) in [6.45, 7) is 1.35. The van der Waals surface area contributed by atoms with Gasteiger partial charge in [0, 0.05) is 28.2 Å². The molecule has 0 radical (unpaired) electrons. The number of Topliss-reactive ketones (excluding diaryl/α,β-unsaturated/α-hetero) is 1. The number of rotatable bonds is 6. The number of hydrogen-bond donors (Lipinski definition) is 2. The van der Waals surface area contributed by atoms with Crippen LogP contribution in [0.1, 0.15) is 24.0 Å². The topological polar surface area (TPSA) is 118 Å². The van der Waals surface area contributed by atoms with Crippen LogP contribution in [0.3, 0.4) is 0 Å². The van der Waals surface area contributed by atoms with E-state index in [4.69, 9.17) is 20.8 Å². The van der Waals surface area contributed by atoms with Gasteiger partial charge in [0.2, 0.25) is 5.78 Å². The summed E-state index contributed by atoms with van der Waals surface area (Å²) in [6.07, 6.45) is -3.21. The van der Waals surface area contributed by atoms with Gasteiger partial charge in [-0.25, -0.2) is 4.79 Å². The Labute approximate surface area is 236 Å². The zero-order chi connectivity index (χ0) is 29.9. The van der Waals surface area contributed by atoms with E-state index in [1.54, 1.807) is 36.1 Å². The highest BCUT2D eigenvalue weighted by Crippen LogP contribution is 2.36. The maximum absolute atomic E-state index is 13.2. The van der Waals surface area contributed by atoms with Crippen molar-refractivity contribution in [2.24, 2.45) is 0 Å². The zero-order valence-corrected chi connectivity index (χ0v) is 22.2. The van der Waals surface area contributed by atoms with Gasteiger partial charge in [-0.15, -0.1) is 0 Å². The van der Waals surface area contributed by atoms with Crippen molar-refractivity contribution in [2.75, 3.05) is 17.3 Å². The molecule has 9 nitrogen and oxygen atoms in total. The normalized spacial score (nSPS) is 14.4. The lowest BCUT2D eigenvalue weighted by molar-refractivity contribution is -0.138. The fraction of sp³-hybridized carbons (Fsp3) is 0.143. The van der Waals surface area contributed by atoms with Gasteiger partial charge in [0.1, 0.15) is 17.1 Å². The highest BCUT2D eigenvalue weighted by molar-refractivity contribution is 6.39. The predicted molar refractivity (Wildman–Crippen MR) is 142 cm³/mol. The first kappa shape index (κ1) is 29.2. The average molecular weight is 588 g/mol. The van der Waals surface area contributed by atoms with Gasteiger partial charge < -0.3 is 24.7 Å². The maximum atomic E-state index is 13.2. The van der Waals surface area contributed by atoms with Gasteiger partial charge in [-0.1, -0.05) is 17.7 Å². The van der Waals surface area contributed by atoms with Crippen molar-refractivity contribution in [1.29, 1.82) is 0 Å². The summed E-state index contributed by atoms with van der Waals surface area (Å²) in [5.41, 5.74) is -0.353. The number of halogens is 4. The summed E-state index contributed by atoms with van der Waals surface area (Å²) in [7, 11) is 1.16. The van der Waals surface area contributed by atoms with Crippen LogP contribution in [0.4, 0.5) is 24.5 Å². The molecule has 41 heavy (non-hydrogen) atoms. The molecule has 0 saturated heterocycles. The number of allylic oxidation sites excluding steroid dienone is 2. The molecular weight excluding hydrogens is 567 g/mol. The second-order valence-corrected chi connectivity index (χ2v) is 9.08. The smallest absolute Gasteiger partial charge is 0.416 e. The number of alkyl halides is 3. The molecule has 0 atom stereocenters. The molecule has 2 N–H and O–H groups in total. The molecule has 212 valence electrons. The van der Waals surface area contributed by atoms with Gasteiger partial charge in [-0.2, -0.15) is 13.2 Å². The fourth-order valence-corrected chi connectivity index (χ4v) is 4.12. The Morgan fingerprint density at radius 2 is 1.76 bits per heavy atom. The number of carbonyl (C=O) groups is 4. The number of carbonyl (C=O) groups excluding carboxylic acids is 4. The Balaban J connectivity index is 1.47. The van der Waals surface area contributed by atoms with E-state index in [2.05, 4.69) is 10.6 Å². The van der Waals surface area contributed by atoms with Crippen LogP contribution in [0.5, 0.6) is 0 Å². The van der Waals surface area contributed by atoms with E-state index in [0.29, 0.717) is 22.5 Å². The second kappa shape index (κ2) is 11.7. The van der Waals surface area contributed by atoms with Gasteiger partial charge >= 0.3 is 24.0 Å². The summed E-state index contributed by atoms with van der Waals surface area (Å²) >= 11 is 5.99. The monoisotopic (exact) mass is 587 g/mol. The molecule has 13 heteroatoms. The molecule has 0 fully saturated rings. The molecule has 0 unspecified atom stereocenters. The lowest BCUT2D eigenvalue weighted by Gasteiger charge is -2.21. The molecule has 1 aliphatic rings. The third kappa shape index (κ3) is 6.49. The Morgan fingerprint density at radius 1 is 1.05 bits per heavy atom. The molecule has 0 bridgehead atoms. The van der Waals surface area contributed by atoms with Gasteiger partial charge in [-0.3, -0.25) is 14.4 Å². The highest BCUT2D eigenvalue weighted by Gasteiger charge is 2.38. The quantitative estimate of drug-likeness (QED) is 0.179. The van der Waals surface area contributed by atoms with Crippen LogP contribution in [0.25, 0.3) is 6.08 Å². The number of nitrogens with one attached hydrogen (secondary N) is 2. The number of methoxy groups -OCH3 is 1. The molecule has 0 spiro atoms. The second-order valence-electron chi connectivity index (χ2n) is 8.64. The Kier molecular flexibility index (Phi) is 8.33. The summed E-state index contributed by atoms with van der Waals surface area (Å²) in [4.78, 5) is 51.4. The number of ketones is 1. The number of esters is 1. The van der Waals surface area contributed by atoms with E-state index >= 15 is 0 Å². The predicted octanol–water partition coefficient (Wildman–Crippen LogP) is 5.08. The minimum atomic E-state index is -4.61. The zero-order valence-electron chi connectivity index (χ0n) is 21.5. The lowest BCUT2D eigenvalue weighted by Crippen LogP contribution is -2.34. The number of hydrogen-bond acceptors (Lipinski definition) is 7. The van der Waals surface area contributed by atoms with Crippen molar-refractivity contribution in [2.45, 2.75) is 19.6 Å². The third-order valence-electron chi connectivity index (χ3n) is 5.91. The van der Waals surface area contributed by atoms with Crippen molar-refractivity contribution in [3.63, 3.8) is 0 Å². The maximum Gasteiger partial charge on any atom is 0.416 e. The van der Waals surface area contributed by atoms with Crippen LogP contribution < -0.4 is 15.5 Å². The molecule has 4 rings (SSSR count). The van der Waals surface area contributed by atoms with Gasteiger partial charge in [0.25, 0.3) is 0 Å². The van der Waals surface area contributed by atoms with Crippen LogP contribution in [-0.2, 0) is 36.6 Å². The Bertz CT molecular complexity index is 1590. The number of furan rings is 1. The van der Waals surface area contributed by atoms with Crippen molar-refractivity contribution < 1.29 is 41.5 Å². The molecule has 2 aromatic carbocycles. The van der Waals surface area contributed by atoms with Crippen molar-refractivity contribution in [3.8, 4) is 0 Å². The average Bonchev–Trinajstić information content (AvgIpc) is 3.48. The van der Waals surface area contributed by atoms with Crippen molar-refractivity contribution >= 4 is 52.6 Å². The highest BCUT2D eigenvalue weighted by atomic mass is 35.5. The SMILES string of the molecule is COC(=O)C1=C(C)N(c2ccc(Cl)cc2)/C(=C/c2ccc(CNC(=O)C(=O)Nc3cccc(C(F)(F)F)c3)o2)C1=O. The first-order valence-corrected chi connectivity index (χ1v) is 12.2. The molecule has 1 aliphatic heterocycles. The van der Waals surface area contributed by atoms with Crippen LogP contribution in [-0.4, -0.2) is 30.7 Å². The summed E-state index contributed by atoms with van der Waals surface area (Å²) in [5, 5.41) is 4.89. The number of benzene rings is 2. The first-order valence-electron chi connectivity index (χ1n) is 11.9. The molecule has 3 aromatic rings. The molecule has 1 aromatic heterocycles. The van der Waals surface area contributed by atoms with E-state index in [0.717, 1.165) is 19.2 Å². The lowest BCUT2D eigenvalue weighted by atomic mass is 10.1. The minimum Gasteiger partial charge on any atom is -0.465 e. The largest absolute Gasteiger partial charge is 0.465 e. The van der Waals surface area contributed by atoms with Crippen LogP contribution in [0.15, 0.2) is 82.0 Å². The Morgan fingerprint density at radius 3 is 2.41 bits per heavy atom. The standard InChI is InChI=1S/C28H21ClF3N3O6/c1-15-23(27(39)40-2)24(36)22(35(15)19-8-6-17(29)7-9-19)13-20-10-11-21(41-20)14-33-25(37)26(38)34-18-5-3-4-16(12-18)28(30,31)32/h3-13H,14H2,1-2H3,(H,33,37)(H,34,38)/b22-13+.